The zero-order chi connectivity index (χ0) is 42.4. The van der Waals surface area contributed by atoms with E-state index in [4.69, 9.17) is 0 Å². The second kappa shape index (κ2) is 14.2. The molecule has 2 nitrogen and oxygen atoms in total. The van der Waals surface area contributed by atoms with Gasteiger partial charge in [0.05, 0.1) is 5.41 Å². The molecule has 0 atom stereocenters. The van der Waals surface area contributed by atoms with Gasteiger partial charge in [-0.05, 0) is 166 Å². The molecular formula is C61H46N2. The highest BCUT2D eigenvalue weighted by Crippen LogP contribution is 2.65. The number of hydrogen-bond donors (Lipinski definition) is 0. The van der Waals surface area contributed by atoms with Crippen molar-refractivity contribution in [2.24, 2.45) is 0 Å². The number of nitrogens with zero attached hydrogens (tertiary/aromatic N) is 2. The summed E-state index contributed by atoms with van der Waals surface area (Å²) in [4.78, 5) is 4.82. The van der Waals surface area contributed by atoms with Crippen LogP contribution in [0.15, 0.2) is 206 Å². The Morgan fingerprint density at radius 2 is 0.730 bits per heavy atom. The lowest BCUT2D eigenvalue weighted by atomic mass is 9.68. The van der Waals surface area contributed by atoms with Crippen LogP contribution in [0.1, 0.15) is 44.5 Å². The van der Waals surface area contributed by atoms with E-state index < -0.39 is 5.41 Å². The molecule has 0 unspecified atom stereocenters. The van der Waals surface area contributed by atoms with Crippen LogP contribution >= 0.6 is 0 Å². The summed E-state index contributed by atoms with van der Waals surface area (Å²) in [6.45, 7) is 8.78. The standard InChI is InChI=1S/C61H46N2/c1-39-23-33-57(41(3)35-39)62(45-15-7-5-8-16-45)47-27-31-49-43(37-47)25-29-53-54-30-26-44-38-48(63(46-17-9-6-10-18-46)58-34-24-40(2)36-42(58)4)28-32-50(44)60(54)61(59(49)53)55-21-13-11-19-51(55)52-20-12-14-22-56(52)61/h5-38H,1-4H3. The molecule has 63 heavy (non-hydrogen) atoms. The molecule has 10 aromatic rings. The summed E-state index contributed by atoms with van der Waals surface area (Å²) in [6, 6.07) is 77.2. The van der Waals surface area contributed by atoms with E-state index in [1.54, 1.807) is 0 Å². The topological polar surface area (TPSA) is 6.48 Å². The molecule has 0 N–H and O–H groups in total. The van der Waals surface area contributed by atoms with Crippen molar-refractivity contribution in [1.82, 2.24) is 0 Å². The van der Waals surface area contributed by atoms with E-state index in [-0.39, 0.29) is 0 Å². The van der Waals surface area contributed by atoms with Gasteiger partial charge in [0.2, 0.25) is 0 Å². The third kappa shape index (κ3) is 5.51. The maximum atomic E-state index is 2.41. The van der Waals surface area contributed by atoms with Crippen LogP contribution in [0.4, 0.5) is 34.1 Å². The van der Waals surface area contributed by atoms with Gasteiger partial charge < -0.3 is 9.80 Å². The van der Waals surface area contributed by atoms with Crippen molar-refractivity contribution in [2.45, 2.75) is 33.1 Å². The van der Waals surface area contributed by atoms with Gasteiger partial charge in [0.25, 0.3) is 0 Å². The second-order valence-electron chi connectivity index (χ2n) is 17.6. The molecule has 300 valence electrons. The summed E-state index contributed by atoms with van der Waals surface area (Å²) in [7, 11) is 0. The molecule has 2 aliphatic carbocycles. The van der Waals surface area contributed by atoms with Gasteiger partial charge in [-0.3, -0.25) is 0 Å². The van der Waals surface area contributed by atoms with Crippen LogP contribution in [0.3, 0.4) is 0 Å². The van der Waals surface area contributed by atoms with Crippen molar-refractivity contribution in [3.63, 3.8) is 0 Å². The average molecular weight is 807 g/mol. The second-order valence-corrected chi connectivity index (χ2v) is 17.6. The van der Waals surface area contributed by atoms with E-state index in [2.05, 4.69) is 244 Å². The fourth-order valence-corrected chi connectivity index (χ4v) is 11.2. The van der Waals surface area contributed by atoms with Crippen LogP contribution in [0.5, 0.6) is 0 Å². The van der Waals surface area contributed by atoms with Crippen molar-refractivity contribution in [3.05, 3.63) is 251 Å². The van der Waals surface area contributed by atoms with Gasteiger partial charge in [-0.2, -0.15) is 0 Å². The zero-order valence-electron chi connectivity index (χ0n) is 36.0. The van der Waals surface area contributed by atoms with Crippen LogP contribution < -0.4 is 9.80 Å². The Hall–Kier alpha value is -7.68. The first-order chi connectivity index (χ1) is 30.9. The summed E-state index contributed by atoms with van der Waals surface area (Å²) in [5, 5.41) is 5.01. The third-order valence-electron chi connectivity index (χ3n) is 13.7. The predicted molar refractivity (Wildman–Crippen MR) is 266 cm³/mol. The van der Waals surface area contributed by atoms with Gasteiger partial charge in [0, 0.05) is 34.1 Å². The van der Waals surface area contributed by atoms with Gasteiger partial charge in [0.15, 0.2) is 0 Å². The van der Waals surface area contributed by atoms with E-state index in [0.717, 1.165) is 22.7 Å². The monoisotopic (exact) mass is 806 g/mol. The summed E-state index contributed by atoms with van der Waals surface area (Å²) >= 11 is 0. The molecule has 0 saturated carbocycles. The lowest BCUT2D eigenvalue weighted by molar-refractivity contribution is 0.809. The van der Waals surface area contributed by atoms with Crippen molar-refractivity contribution in [2.75, 3.05) is 9.80 Å². The normalized spacial score (nSPS) is 12.9. The number of aryl methyl sites for hydroxylation is 4. The maximum absolute atomic E-state index is 2.41. The molecule has 0 aromatic heterocycles. The highest BCUT2D eigenvalue weighted by atomic mass is 15.1. The number of anilines is 6. The minimum atomic E-state index is -0.529. The highest BCUT2D eigenvalue weighted by molar-refractivity contribution is 6.10. The van der Waals surface area contributed by atoms with Crippen molar-refractivity contribution in [1.29, 1.82) is 0 Å². The van der Waals surface area contributed by atoms with Gasteiger partial charge in [-0.25, -0.2) is 0 Å². The molecule has 0 bridgehead atoms. The number of benzene rings is 10. The van der Waals surface area contributed by atoms with E-state index >= 15 is 0 Å². The minimum Gasteiger partial charge on any atom is -0.310 e. The molecule has 1 spiro atoms. The lowest BCUT2D eigenvalue weighted by Crippen LogP contribution is -2.26. The third-order valence-corrected chi connectivity index (χ3v) is 13.7. The van der Waals surface area contributed by atoms with Crippen LogP contribution in [-0.2, 0) is 5.41 Å². The van der Waals surface area contributed by atoms with Crippen LogP contribution in [0.25, 0.3) is 43.8 Å². The molecule has 2 aliphatic rings. The minimum absolute atomic E-state index is 0.529. The fraction of sp³-hybridized carbons (Fsp3) is 0.0820. The summed E-state index contributed by atoms with van der Waals surface area (Å²) < 4.78 is 0. The molecule has 0 heterocycles. The van der Waals surface area contributed by atoms with Gasteiger partial charge in [-0.15, -0.1) is 0 Å². The molecule has 0 aliphatic heterocycles. The Balaban J connectivity index is 1.11. The summed E-state index contributed by atoms with van der Waals surface area (Å²) in [6.07, 6.45) is 0. The number of rotatable bonds is 6. The van der Waals surface area contributed by atoms with Gasteiger partial charge >= 0.3 is 0 Å². The first-order valence-electron chi connectivity index (χ1n) is 22.1. The molecule has 0 radical (unpaired) electrons. The Morgan fingerprint density at radius 1 is 0.317 bits per heavy atom. The highest BCUT2D eigenvalue weighted by Gasteiger charge is 2.53. The summed E-state index contributed by atoms with van der Waals surface area (Å²) in [5.41, 5.74) is 22.1. The quantitative estimate of drug-likeness (QED) is 0.165. The fourth-order valence-electron chi connectivity index (χ4n) is 11.2. The van der Waals surface area contributed by atoms with Gasteiger partial charge in [-0.1, -0.05) is 157 Å². The Kier molecular flexibility index (Phi) is 8.36. The smallest absolute Gasteiger partial charge is 0.0737 e. The largest absolute Gasteiger partial charge is 0.310 e. The molecule has 12 rings (SSSR count). The lowest BCUT2D eigenvalue weighted by Gasteiger charge is -2.33. The van der Waals surface area contributed by atoms with Crippen molar-refractivity contribution < 1.29 is 0 Å². The molecule has 0 amide bonds. The van der Waals surface area contributed by atoms with E-state index in [1.807, 2.05) is 0 Å². The molecule has 2 heteroatoms. The maximum Gasteiger partial charge on any atom is 0.0737 e. The van der Waals surface area contributed by atoms with E-state index in [1.165, 1.54) is 99.7 Å². The predicted octanol–water partition coefficient (Wildman–Crippen LogP) is 16.5. The van der Waals surface area contributed by atoms with Crippen LogP contribution in [-0.4, -0.2) is 0 Å². The summed E-state index contributed by atoms with van der Waals surface area (Å²) in [5.74, 6) is 0. The van der Waals surface area contributed by atoms with Crippen LogP contribution in [0, 0.1) is 27.7 Å². The van der Waals surface area contributed by atoms with E-state index in [9.17, 15) is 0 Å². The SMILES string of the molecule is Cc1ccc(N(c2ccccc2)c2ccc3c4c(ccc3c2)-c2ccc3cc(N(c5ccccc5)c5ccc(C)cc5C)ccc3c2C42c3ccccc3-c3ccccc32)c(C)c1. The zero-order valence-corrected chi connectivity index (χ0v) is 36.0. The molecular weight excluding hydrogens is 761 g/mol. The Bertz CT molecular complexity index is 3220. The van der Waals surface area contributed by atoms with Crippen LogP contribution in [0.2, 0.25) is 0 Å². The first kappa shape index (κ1) is 37.1. The number of fused-ring (bicyclic) bond motifs is 14. The Labute approximate surface area is 370 Å². The average Bonchev–Trinajstić information content (AvgIpc) is 3.79. The van der Waals surface area contributed by atoms with Crippen molar-refractivity contribution >= 4 is 55.7 Å². The molecule has 0 saturated heterocycles. The number of hydrogen-bond acceptors (Lipinski definition) is 2. The molecule has 10 aromatic carbocycles. The van der Waals surface area contributed by atoms with Gasteiger partial charge in [0.1, 0.15) is 0 Å². The first-order valence-corrected chi connectivity index (χ1v) is 22.1. The van der Waals surface area contributed by atoms with E-state index in [0.29, 0.717) is 0 Å². The van der Waals surface area contributed by atoms with Crippen molar-refractivity contribution in [3.8, 4) is 22.3 Å². The Morgan fingerprint density at radius 3 is 1.16 bits per heavy atom. The number of para-hydroxylation sites is 2. The molecule has 0 fully saturated rings.